The van der Waals surface area contributed by atoms with Gasteiger partial charge < -0.3 is 14.2 Å². The summed E-state index contributed by atoms with van der Waals surface area (Å²) in [7, 11) is 1.50. The molecular weight excluding hydrogens is 423 g/mol. The molecule has 0 aliphatic carbocycles. The lowest BCUT2D eigenvalue weighted by molar-refractivity contribution is -0.137. The molecule has 1 fully saturated rings. The van der Waals surface area contributed by atoms with Crippen LogP contribution in [0.15, 0.2) is 47.0 Å². The molecule has 0 radical (unpaired) electrons. The van der Waals surface area contributed by atoms with Crippen LogP contribution in [0, 0.1) is 0 Å². The molecule has 1 aliphatic rings. The molecule has 1 aliphatic heterocycles. The van der Waals surface area contributed by atoms with E-state index >= 15 is 0 Å². The van der Waals surface area contributed by atoms with E-state index < -0.39 is 11.7 Å². The van der Waals surface area contributed by atoms with E-state index in [1.807, 2.05) is 0 Å². The number of benzene rings is 2. The molecule has 1 unspecified atom stereocenters. The number of carbonyl (C=O) groups is 1. The Morgan fingerprint density at radius 2 is 1.93 bits per heavy atom. The molecule has 4 rings (SSSR count). The smallest absolute Gasteiger partial charge is 0.416 e. The van der Waals surface area contributed by atoms with Crippen molar-refractivity contribution < 1.29 is 27.2 Å². The van der Waals surface area contributed by atoms with Gasteiger partial charge in [0.1, 0.15) is 5.75 Å². The van der Waals surface area contributed by atoms with E-state index in [0.717, 1.165) is 12.1 Å². The predicted octanol–water partition coefficient (Wildman–Crippen LogP) is 4.94. The first-order valence-electron chi connectivity index (χ1n) is 8.91. The maximum atomic E-state index is 12.7. The van der Waals surface area contributed by atoms with Gasteiger partial charge in [0.2, 0.25) is 17.6 Å². The number of hydrogen-bond donors (Lipinski definition) is 0. The number of ether oxygens (including phenoxy) is 1. The first-order valence-corrected chi connectivity index (χ1v) is 9.29. The molecule has 1 aromatic heterocycles. The number of rotatable bonds is 4. The van der Waals surface area contributed by atoms with Crippen LogP contribution >= 0.6 is 11.6 Å². The fourth-order valence-corrected chi connectivity index (χ4v) is 3.52. The van der Waals surface area contributed by atoms with Crippen molar-refractivity contribution in [2.45, 2.75) is 18.5 Å². The number of nitrogens with zero attached hydrogens (tertiary/aromatic N) is 3. The number of anilines is 1. The average molecular weight is 438 g/mol. The van der Waals surface area contributed by atoms with Gasteiger partial charge >= 0.3 is 6.18 Å². The Hall–Kier alpha value is -3.07. The molecular formula is C20H15ClF3N3O3. The van der Waals surface area contributed by atoms with Crippen LogP contribution in [0.25, 0.3) is 11.4 Å². The van der Waals surface area contributed by atoms with Crippen LogP contribution in [0.5, 0.6) is 5.75 Å². The monoisotopic (exact) mass is 437 g/mol. The largest absolute Gasteiger partial charge is 0.495 e. The van der Waals surface area contributed by atoms with Crippen molar-refractivity contribution in [2.24, 2.45) is 0 Å². The molecule has 30 heavy (non-hydrogen) atoms. The van der Waals surface area contributed by atoms with E-state index in [0.29, 0.717) is 28.6 Å². The van der Waals surface area contributed by atoms with Crippen molar-refractivity contribution in [3.8, 4) is 17.1 Å². The maximum Gasteiger partial charge on any atom is 0.416 e. The lowest BCUT2D eigenvalue weighted by Gasteiger charge is -2.17. The first-order chi connectivity index (χ1) is 14.3. The summed E-state index contributed by atoms with van der Waals surface area (Å²) in [5, 5.41) is 4.23. The first kappa shape index (κ1) is 20.2. The Kier molecular flexibility index (Phi) is 5.15. The minimum absolute atomic E-state index is 0.129. The minimum atomic E-state index is -4.42. The third kappa shape index (κ3) is 3.85. The number of aromatic nitrogens is 2. The van der Waals surface area contributed by atoms with Crippen molar-refractivity contribution in [1.29, 1.82) is 0 Å². The van der Waals surface area contributed by atoms with Crippen LogP contribution in [0.3, 0.4) is 0 Å². The second-order valence-electron chi connectivity index (χ2n) is 6.76. The SMILES string of the molecule is COc1ccc(N2CC(c3nc(-c4ccc(C(F)(F)F)cc4)no3)CC2=O)cc1Cl. The van der Waals surface area contributed by atoms with Crippen molar-refractivity contribution in [3.05, 3.63) is 58.9 Å². The highest BCUT2D eigenvalue weighted by Gasteiger charge is 2.35. The zero-order chi connectivity index (χ0) is 21.5. The molecule has 2 heterocycles. The molecule has 3 aromatic rings. The van der Waals surface area contributed by atoms with E-state index in [1.54, 1.807) is 23.1 Å². The summed E-state index contributed by atoms with van der Waals surface area (Å²) in [5.41, 5.74) is 0.252. The maximum absolute atomic E-state index is 12.7. The standard InChI is InChI=1S/C20H15ClF3N3O3/c1-29-16-7-6-14(9-15(16)21)27-10-12(8-17(27)28)19-25-18(26-30-19)11-2-4-13(5-3-11)20(22,23)24/h2-7,9,12H,8,10H2,1H3. The summed E-state index contributed by atoms with van der Waals surface area (Å²) in [6, 6.07) is 9.52. The van der Waals surface area contributed by atoms with E-state index in [-0.39, 0.29) is 30.0 Å². The number of hydrogen-bond acceptors (Lipinski definition) is 5. The van der Waals surface area contributed by atoms with Gasteiger partial charge in [-0.15, -0.1) is 0 Å². The number of alkyl halides is 3. The zero-order valence-electron chi connectivity index (χ0n) is 15.6. The molecule has 0 bridgehead atoms. The topological polar surface area (TPSA) is 68.5 Å². The van der Waals surface area contributed by atoms with Crippen molar-refractivity contribution >= 4 is 23.2 Å². The van der Waals surface area contributed by atoms with Crippen molar-refractivity contribution in [1.82, 2.24) is 10.1 Å². The molecule has 1 saturated heterocycles. The molecule has 2 aromatic carbocycles. The summed E-state index contributed by atoms with van der Waals surface area (Å²) in [6.07, 6.45) is -4.25. The zero-order valence-corrected chi connectivity index (χ0v) is 16.4. The van der Waals surface area contributed by atoms with Gasteiger partial charge in [-0.25, -0.2) is 0 Å². The van der Waals surface area contributed by atoms with Crippen LogP contribution in [0.1, 0.15) is 23.8 Å². The molecule has 0 N–H and O–H groups in total. The van der Waals surface area contributed by atoms with Crippen LogP contribution in [-0.4, -0.2) is 29.7 Å². The van der Waals surface area contributed by atoms with E-state index in [4.69, 9.17) is 20.9 Å². The van der Waals surface area contributed by atoms with Crippen LogP contribution in [-0.2, 0) is 11.0 Å². The second kappa shape index (κ2) is 7.64. The molecule has 10 heteroatoms. The Labute approximate surface area is 174 Å². The van der Waals surface area contributed by atoms with Gasteiger partial charge in [-0.2, -0.15) is 18.2 Å². The fourth-order valence-electron chi connectivity index (χ4n) is 3.27. The average Bonchev–Trinajstić information content (AvgIpc) is 3.34. The fraction of sp³-hybridized carbons (Fsp3) is 0.250. The highest BCUT2D eigenvalue weighted by molar-refractivity contribution is 6.32. The quantitative estimate of drug-likeness (QED) is 0.578. The Bertz CT molecular complexity index is 1080. The third-order valence-electron chi connectivity index (χ3n) is 4.83. The van der Waals surface area contributed by atoms with Crippen LogP contribution in [0.4, 0.5) is 18.9 Å². The van der Waals surface area contributed by atoms with Gasteiger partial charge in [0.15, 0.2) is 0 Å². The van der Waals surface area contributed by atoms with Crippen LogP contribution < -0.4 is 9.64 Å². The highest BCUT2D eigenvalue weighted by Crippen LogP contribution is 2.36. The van der Waals surface area contributed by atoms with E-state index in [1.165, 1.54) is 19.2 Å². The summed E-state index contributed by atoms with van der Waals surface area (Å²) >= 11 is 6.15. The van der Waals surface area contributed by atoms with E-state index in [9.17, 15) is 18.0 Å². The number of amides is 1. The summed E-state index contributed by atoms with van der Waals surface area (Å²) < 4.78 is 48.5. The Morgan fingerprint density at radius 3 is 2.57 bits per heavy atom. The van der Waals surface area contributed by atoms with Gasteiger partial charge in [-0.3, -0.25) is 4.79 Å². The normalized spacial score (nSPS) is 16.9. The van der Waals surface area contributed by atoms with Crippen molar-refractivity contribution in [3.63, 3.8) is 0 Å². The summed E-state index contributed by atoms with van der Waals surface area (Å²) in [6.45, 7) is 0.316. The summed E-state index contributed by atoms with van der Waals surface area (Å²) in [5.74, 6) is 0.448. The Balaban J connectivity index is 1.52. The third-order valence-corrected chi connectivity index (χ3v) is 5.13. The Morgan fingerprint density at radius 1 is 1.20 bits per heavy atom. The number of carbonyl (C=O) groups excluding carboxylic acids is 1. The molecule has 0 saturated carbocycles. The number of methoxy groups -OCH3 is 1. The molecule has 1 atom stereocenters. The van der Waals surface area contributed by atoms with E-state index in [2.05, 4.69) is 10.1 Å². The van der Waals surface area contributed by atoms with Crippen LogP contribution in [0.2, 0.25) is 5.02 Å². The predicted molar refractivity (Wildman–Crippen MR) is 102 cm³/mol. The highest BCUT2D eigenvalue weighted by atomic mass is 35.5. The second-order valence-corrected chi connectivity index (χ2v) is 7.16. The lowest BCUT2D eigenvalue weighted by atomic mass is 10.1. The van der Waals surface area contributed by atoms with Crippen molar-refractivity contribution in [2.75, 3.05) is 18.6 Å². The molecule has 0 spiro atoms. The van der Waals surface area contributed by atoms with Gasteiger partial charge in [-0.05, 0) is 30.3 Å². The lowest BCUT2D eigenvalue weighted by Crippen LogP contribution is -2.24. The molecule has 6 nitrogen and oxygen atoms in total. The van der Waals surface area contributed by atoms with Gasteiger partial charge in [0.25, 0.3) is 0 Å². The number of halogens is 4. The van der Waals surface area contributed by atoms with Gasteiger partial charge in [0.05, 0.1) is 23.6 Å². The van der Waals surface area contributed by atoms with Gasteiger partial charge in [-0.1, -0.05) is 28.9 Å². The molecule has 156 valence electrons. The molecule has 1 amide bonds. The minimum Gasteiger partial charge on any atom is -0.495 e. The summed E-state index contributed by atoms with van der Waals surface area (Å²) in [4.78, 5) is 18.3. The van der Waals surface area contributed by atoms with Gasteiger partial charge in [0, 0.05) is 24.2 Å².